The molecule has 12 aromatic rings. The molecule has 0 unspecified atom stereocenters. The zero-order valence-electron chi connectivity index (χ0n) is 30.7. The highest BCUT2D eigenvalue weighted by Crippen LogP contribution is 2.43. The molecule has 5 heterocycles. The Morgan fingerprint density at radius 3 is 1.75 bits per heavy atom. The maximum Gasteiger partial charge on any atom is 0.113 e. The van der Waals surface area contributed by atoms with Crippen LogP contribution in [0.2, 0.25) is 0 Å². The Morgan fingerprint density at radius 1 is 0.386 bits per heavy atom. The van der Waals surface area contributed by atoms with E-state index in [-0.39, 0.29) is 0 Å². The number of pyridine rings is 2. The number of aromatic nitrogens is 4. The molecular formula is C52H32N4S. The van der Waals surface area contributed by atoms with Gasteiger partial charge in [-0.15, -0.1) is 11.3 Å². The first-order chi connectivity index (χ1) is 28.3. The maximum absolute atomic E-state index is 4.99. The predicted octanol–water partition coefficient (Wildman–Crippen LogP) is 14.0. The molecule has 266 valence electrons. The molecule has 12 rings (SSSR count). The third-order valence-electron chi connectivity index (χ3n) is 11.4. The van der Waals surface area contributed by atoms with Crippen LogP contribution in [0.1, 0.15) is 0 Å². The fourth-order valence-electron chi connectivity index (χ4n) is 8.93. The van der Waals surface area contributed by atoms with Crippen LogP contribution in [0.25, 0.3) is 109 Å². The van der Waals surface area contributed by atoms with E-state index in [1.54, 1.807) is 0 Å². The monoisotopic (exact) mass is 744 g/mol. The van der Waals surface area contributed by atoms with Gasteiger partial charge in [0.15, 0.2) is 0 Å². The fraction of sp³-hybridized carbons (Fsp3) is 0. The third-order valence-corrected chi connectivity index (χ3v) is 12.6. The molecule has 0 atom stereocenters. The number of hydrogen-bond acceptors (Lipinski definition) is 3. The molecule has 5 heteroatoms. The molecule has 0 radical (unpaired) electrons. The molecule has 0 spiro atoms. The minimum Gasteiger partial charge on any atom is -0.309 e. The van der Waals surface area contributed by atoms with Gasteiger partial charge in [-0.2, -0.15) is 0 Å². The van der Waals surface area contributed by atoms with E-state index in [9.17, 15) is 0 Å². The maximum atomic E-state index is 4.99. The van der Waals surface area contributed by atoms with E-state index in [0.717, 1.165) is 50.3 Å². The van der Waals surface area contributed by atoms with Crippen molar-refractivity contribution < 1.29 is 0 Å². The van der Waals surface area contributed by atoms with Gasteiger partial charge in [0, 0.05) is 65.5 Å². The van der Waals surface area contributed by atoms with Gasteiger partial charge in [0.05, 0.1) is 27.8 Å². The van der Waals surface area contributed by atoms with Crippen molar-refractivity contribution in [2.45, 2.75) is 0 Å². The fourth-order valence-corrected chi connectivity index (χ4v) is 10.2. The van der Waals surface area contributed by atoms with Crippen LogP contribution in [0.15, 0.2) is 194 Å². The largest absolute Gasteiger partial charge is 0.309 e. The molecule has 57 heavy (non-hydrogen) atoms. The summed E-state index contributed by atoms with van der Waals surface area (Å²) in [5.74, 6) is 0. The number of nitrogens with zero attached hydrogens (tertiary/aromatic N) is 4. The number of thiophene rings is 1. The first-order valence-electron chi connectivity index (χ1n) is 19.2. The summed E-state index contributed by atoms with van der Waals surface area (Å²) in [5.41, 5.74) is 13.1. The number of fused-ring (bicyclic) bond motifs is 9. The highest BCUT2D eigenvalue weighted by molar-refractivity contribution is 7.26. The molecular weight excluding hydrogens is 713 g/mol. The lowest BCUT2D eigenvalue weighted by atomic mass is 9.97. The second kappa shape index (κ2) is 12.6. The molecule has 0 amide bonds. The van der Waals surface area contributed by atoms with E-state index < -0.39 is 0 Å². The van der Waals surface area contributed by atoms with Crippen LogP contribution in [0.5, 0.6) is 0 Å². The van der Waals surface area contributed by atoms with Gasteiger partial charge in [-0.1, -0.05) is 115 Å². The van der Waals surface area contributed by atoms with Gasteiger partial charge in [-0.05, 0) is 89.0 Å². The Balaban J connectivity index is 1.16. The molecule has 5 aromatic heterocycles. The van der Waals surface area contributed by atoms with Gasteiger partial charge in [0.25, 0.3) is 0 Å². The van der Waals surface area contributed by atoms with Gasteiger partial charge in [0.2, 0.25) is 0 Å². The summed E-state index contributed by atoms with van der Waals surface area (Å²) in [6.07, 6.45) is 3.75. The van der Waals surface area contributed by atoms with Crippen molar-refractivity contribution in [1.82, 2.24) is 19.1 Å². The highest BCUT2D eigenvalue weighted by Gasteiger charge is 2.21. The molecule has 0 fully saturated rings. The minimum absolute atomic E-state index is 0.842. The summed E-state index contributed by atoms with van der Waals surface area (Å²) in [6.45, 7) is 0. The Hall–Kier alpha value is -7.34. The van der Waals surface area contributed by atoms with Gasteiger partial charge in [-0.3, -0.25) is 9.97 Å². The third kappa shape index (κ3) is 4.93. The summed E-state index contributed by atoms with van der Waals surface area (Å²) in [7, 11) is 0. The molecule has 0 saturated carbocycles. The topological polar surface area (TPSA) is 35.6 Å². The van der Waals surface area contributed by atoms with Crippen molar-refractivity contribution in [2.24, 2.45) is 0 Å². The van der Waals surface area contributed by atoms with E-state index in [1.807, 2.05) is 41.9 Å². The molecule has 0 bridgehead atoms. The average molecular weight is 745 g/mol. The van der Waals surface area contributed by atoms with Gasteiger partial charge >= 0.3 is 0 Å². The first kappa shape index (κ1) is 32.0. The molecule has 7 aromatic carbocycles. The first-order valence-corrected chi connectivity index (χ1v) is 20.0. The van der Waals surface area contributed by atoms with Crippen molar-refractivity contribution >= 4 is 75.1 Å². The smallest absolute Gasteiger partial charge is 0.113 e. The van der Waals surface area contributed by atoms with Gasteiger partial charge in [0.1, 0.15) is 5.69 Å². The predicted molar refractivity (Wildman–Crippen MR) is 240 cm³/mol. The summed E-state index contributed by atoms with van der Waals surface area (Å²) in [5, 5.41) is 7.40. The number of rotatable bonds is 5. The van der Waals surface area contributed by atoms with Crippen LogP contribution in [-0.4, -0.2) is 19.1 Å². The zero-order valence-corrected chi connectivity index (χ0v) is 31.5. The van der Waals surface area contributed by atoms with E-state index >= 15 is 0 Å². The average Bonchev–Trinajstić information content (AvgIpc) is 3.95. The Kier molecular flexibility index (Phi) is 7.06. The minimum atomic E-state index is 0.842. The number of para-hydroxylation sites is 3. The second-order valence-electron chi connectivity index (χ2n) is 14.6. The van der Waals surface area contributed by atoms with E-state index in [4.69, 9.17) is 9.97 Å². The van der Waals surface area contributed by atoms with Gasteiger partial charge < -0.3 is 9.13 Å². The number of benzene rings is 7. The van der Waals surface area contributed by atoms with Crippen LogP contribution < -0.4 is 0 Å². The summed E-state index contributed by atoms with van der Waals surface area (Å²) >= 11 is 1.87. The Bertz CT molecular complexity index is 3480. The highest BCUT2D eigenvalue weighted by atomic mass is 32.1. The molecule has 0 aliphatic rings. The van der Waals surface area contributed by atoms with Crippen molar-refractivity contribution in [3.05, 3.63) is 194 Å². The van der Waals surface area contributed by atoms with Crippen molar-refractivity contribution in [3.8, 4) is 45.0 Å². The Morgan fingerprint density at radius 2 is 1.00 bits per heavy atom. The quantitative estimate of drug-likeness (QED) is 0.176. The second-order valence-corrected chi connectivity index (χ2v) is 15.6. The normalized spacial score (nSPS) is 11.9. The molecule has 0 saturated heterocycles. The summed E-state index contributed by atoms with van der Waals surface area (Å²) < 4.78 is 7.44. The van der Waals surface area contributed by atoms with Crippen LogP contribution in [-0.2, 0) is 0 Å². The van der Waals surface area contributed by atoms with Gasteiger partial charge in [-0.25, -0.2) is 0 Å². The standard InChI is InChI=1S/C52H32N4S/c1-5-22-46-39(15-1)40-16-2-6-23-47(40)55(46)36-30-35(33-13-11-14-34(29-33)38-19-12-20-44-42-18-4-8-25-49(42)57-52(38)44)31-37(32-36)56-48-24-7-3-17-41(48)43-26-28-54-50(51(43)56)45-21-9-10-27-53-45/h1-32H. The number of hydrogen-bond donors (Lipinski definition) is 0. The molecule has 4 nitrogen and oxygen atoms in total. The van der Waals surface area contributed by atoms with Crippen molar-refractivity contribution in [1.29, 1.82) is 0 Å². The van der Waals surface area contributed by atoms with Crippen LogP contribution >= 0.6 is 11.3 Å². The summed E-state index contributed by atoms with van der Waals surface area (Å²) in [4.78, 5) is 9.78. The van der Waals surface area contributed by atoms with Crippen LogP contribution in [0.4, 0.5) is 0 Å². The zero-order chi connectivity index (χ0) is 37.5. The Labute approximate surface area is 332 Å². The summed E-state index contributed by atoms with van der Waals surface area (Å²) in [6, 6.07) is 65.9. The van der Waals surface area contributed by atoms with Crippen molar-refractivity contribution in [3.63, 3.8) is 0 Å². The van der Waals surface area contributed by atoms with E-state index in [0.29, 0.717) is 0 Å². The SMILES string of the molecule is c1ccc(-c2nccc3c4ccccc4n(-c4cc(-c5cccc(-c6cccc7c6sc6ccccc67)c5)cc(-n5c6ccccc6c6ccccc65)c4)c23)nc1. The van der Waals surface area contributed by atoms with E-state index in [2.05, 4.69) is 173 Å². The molecule has 0 N–H and O–H groups in total. The lowest BCUT2D eigenvalue weighted by Crippen LogP contribution is -2.01. The lowest BCUT2D eigenvalue weighted by Gasteiger charge is -2.17. The van der Waals surface area contributed by atoms with E-state index in [1.165, 1.54) is 58.5 Å². The van der Waals surface area contributed by atoms with Crippen LogP contribution in [0, 0.1) is 0 Å². The molecule has 0 aliphatic heterocycles. The lowest BCUT2D eigenvalue weighted by molar-refractivity contribution is 1.13. The van der Waals surface area contributed by atoms with Crippen LogP contribution in [0.3, 0.4) is 0 Å². The molecule has 0 aliphatic carbocycles. The van der Waals surface area contributed by atoms with Crippen molar-refractivity contribution in [2.75, 3.05) is 0 Å².